The number of nitrogens with zero attached hydrogens (tertiary/aromatic N) is 1. The number of hydrogen-bond donors (Lipinski definition) is 1. The van der Waals surface area contributed by atoms with E-state index >= 15 is 0 Å². The van der Waals surface area contributed by atoms with Gasteiger partial charge in [0.15, 0.2) is 0 Å². The lowest BCUT2D eigenvalue weighted by Gasteiger charge is -2.59. The first-order chi connectivity index (χ1) is 11.1. The topological polar surface area (TPSA) is 23.5 Å². The number of aromatic hydroxyl groups is 1. The molecular weight excluding hydrogens is 282 g/mol. The van der Waals surface area contributed by atoms with Gasteiger partial charge in [0.2, 0.25) is 0 Å². The molecule has 0 radical (unpaired) electrons. The summed E-state index contributed by atoms with van der Waals surface area (Å²) in [5, 5.41) is 10.1. The third kappa shape index (κ3) is 2.50. The second kappa shape index (κ2) is 5.81. The molecule has 0 unspecified atom stereocenters. The smallest absolute Gasteiger partial charge is 0.115 e. The number of piperidine rings is 1. The van der Waals surface area contributed by atoms with E-state index in [9.17, 15) is 5.11 Å². The molecule has 126 valence electrons. The summed E-state index contributed by atoms with van der Waals surface area (Å²) in [4.78, 5) is 2.81. The molecule has 0 spiro atoms. The van der Waals surface area contributed by atoms with E-state index in [0.29, 0.717) is 11.2 Å². The van der Waals surface area contributed by atoms with E-state index < -0.39 is 0 Å². The Morgan fingerprint density at radius 1 is 1.26 bits per heavy atom. The SMILES string of the molecule is CC(C)CCN1CC[C@@]23CCCC[C@H]2[C@H]1Cc1ccc(O)cc13. The van der Waals surface area contributed by atoms with Crippen molar-refractivity contribution in [1.29, 1.82) is 0 Å². The Bertz CT molecular complexity index is 581. The molecule has 0 amide bonds. The molecule has 23 heavy (non-hydrogen) atoms. The van der Waals surface area contributed by atoms with Crippen molar-refractivity contribution in [3.63, 3.8) is 0 Å². The molecule has 2 nitrogen and oxygen atoms in total. The zero-order chi connectivity index (χ0) is 16.0. The minimum absolute atomic E-state index is 0.365. The maximum absolute atomic E-state index is 10.1. The van der Waals surface area contributed by atoms with Crippen molar-refractivity contribution in [2.45, 2.75) is 70.3 Å². The maximum atomic E-state index is 10.1. The summed E-state index contributed by atoms with van der Waals surface area (Å²) in [5.74, 6) is 2.07. The standard InChI is InChI=1S/C21H31NO/c1-15(2)8-11-22-12-10-21-9-4-3-5-18(21)20(22)13-16-6-7-17(23)14-19(16)21/h6-7,14-15,18,20,23H,3-5,8-13H2,1-2H3/t18-,20+,21-/m0/s1. The van der Waals surface area contributed by atoms with Crippen molar-refractivity contribution in [2.24, 2.45) is 11.8 Å². The highest BCUT2D eigenvalue weighted by Crippen LogP contribution is 2.56. The Kier molecular flexibility index (Phi) is 3.91. The van der Waals surface area contributed by atoms with E-state index in [0.717, 1.165) is 17.9 Å². The number of phenolic OH excluding ortho intramolecular Hbond substituents is 1. The number of benzene rings is 1. The van der Waals surface area contributed by atoms with Crippen molar-refractivity contribution in [3.8, 4) is 5.75 Å². The molecule has 3 aliphatic rings. The lowest BCUT2D eigenvalue weighted by Crippen LogP contribution is -2.61. The number of hydrogen-bond acceptors (Lipinski definition) is 2. The van der Waals surface area contributed by atoms with Gasteiger partial charge >= 0.3 is 0 Å². The van der Waals surface area contributed by atoms with Gasteiger partial charge in [0.25, 0.3) is 0 Å². The van der Waals surface area contributed by atoms with Gasteiger partial charge in [-0.25, -0.2) is 0 Å². The van der Waals surface area contributed by atoms with Crippen molar-refractivity contribution >= 4 is 0 Å². The minimum Gasteiger partial charge on any atom is -0.508 e. The summed E-state index contributed by atoms with van der Waals surface area (Å²) < 4.78 is 0. The zero-order valence-corrected chi connectivity index (χ0v) is 14.7. The van der Waals surface area contributed by atoms with E-state index in [1.54, 1.807) is 0 Å². The fourth-order valence-electron chi connectivity index (χ4n) is 5.77. The van der Waals surface area contributed by atoms with Crippen LogP contribution in [0.25, 0.3) is 0 Å². The van der Waals surface area contributed by atoms with Crippen LogP contribution in [0.5, 0.6) is 5.75 Å². The van der Waals surface area contributed by atoms with Gasteiger partial charge in [-0.05, 0) is 80.3 Å². The van der Waals surface area contributed by atoms with E-state index in [1.807, 2.05) is 6.07 Å². The molecule has 1 saturated heterocycles. The van der Waals surface area contributed by atoms with Crippen LogP contribution in [0.15, 0.2) is 18.2 Å². The molecule has 4 rings (SSSR count). The van der Waals surface area contributed by atoms with Crippen LogP contribution in [0, 0.1) is 11.8 Å². The van der Waals surface area contributed by atoms with Crippen molar-refractivity contribution in [3.05, 3.63) is 29.3 Å². The molecule has 1 aliphatic heterocycles. The van der Waals surface area contributed by atoms with E-state index in [-0.39, 0.29) is 0 Å². The van der Waals surface area contributed by atoms with Crippen LogP contribution in [0.4, 0.5) is 0 Å². The molecule has 1 aromatic carbocycles. The van der Waals surface area contributed by atoms with E-state index in [4.69, 9.17) is 0 Å². The van der Waals surface area contributed by atoms with Gasteiger partial charge < -0.3 is 5.11 Å². The van der Waals surface area contributed by atoms with Gasteiger partial charge in [-0.15, -0.1) is 0 Å². The molecule has 1 N–H and O–H groups in total. The van der Waals surface area contributed by atoms with Gasteiger partial charge in [0, 0.05) is 11.5 Å². The van der Waals surface area contributed by atoms with Crippen LogP contribution in [0.2, 0.25) is 0 Å². The quantitative estimate of drug-likeness (QED) is 0.888. The summed E-state index contributed by atoms with van der Waals surface area (Å²) in [6.45, 7) is 7.20. The fraction of sp³-hybridized carbons (Fsp3) is 0.714. The zero-order valence-electron chi connectivity index (χ0n) is 14.7. The van der Waals surface area contributed by atoms with Crippen LogP contribution in [0.3, 0.4) is 0 Å². The monoisotopic (exact) mass is 313 g/mol. The molecule has 1 aromatic rings. The van der Waals surface area contributed by atoms with Gasteiger partial charge in [-0.2, -0.15) is 0 Å². The molecular formula is C21H31NO. The summed E-state index contributed by atoms with van der Waals surface area (Å²) >= 11 is 0. The lowest BCUT2D eigenvalue weighted by atomic mass is 9.52. The summed E-state index contributed by atoms with van der Waals surface area (Å²) in [6.07, 6.45) is 9.29. The largest absolute Gasteiger partial charge is 0.508 e. The Morgan fingerprint density at radius 3 is 2.96 bits per heavy atom. The molecule has 1 heterocycles. The highest BCUT2D eigenvalue weighted by atomic mass is 16.3. The van der Waals surface area contributed by atoms with Crippen LogP contribution in [0.1, 0.15) is 63.5 Å². The Balaban J connectivity index is 1.71. The Hall–Kier alpha value is -1.02. The third-order valence-electron chi connectivity index (χ3n) is 6.93. The molecule has 0 aromatic heterocycles. The first-order valence-electron chi connectivity index (χ1n) is 9.66. The molecule has 3 atom stereocenters. The first kappa shape index (κ1) is 15.5. The predicted molar refractivity (Wildman–Crippen MR) is 94.9 cm³/mol. The Labute approximate surface area is 140 Å². The lowest BCUT2D eigenvalue weighted by molar-refractivity contribution is -0.0130. The normalized spacial score (nSPS) is 33.3. The fourth-order valence-corrected chi connectivity index (χ4v) is 5.77. The van der Waals surface area contributed by atoms with Crippen molar-refractivity contribution in [2.75, 3.05) is 13.1 Å². The van der Waals surface area contributed by atoms with Crippen LogP contribution >= 0.6 is 0 Å². The van der Waals surface area contributed by atoms with Gasteiger partial charge in [0.05, 0.1) is 0 Å². The van der Waals surface area contributed by atoms with Crippen molar-refractivity contribution in [1.82, 2.24) is 4.90 Å². The first-order valence-corrected chi connectivity index (χ1v) is 9.66. The molecule has 2 aliphatic carbocycles. The van der Waals surface area contributed by atoms with Gasteiger partial charge in [0.1, 0.15) is 5.75 Å². The average Bonchev–Trinajstić information content (AvgIpc) is 2.54. The maximum Gasteiger partial charge on any atom is 0.115 e. The van der Waals surface area contributed by atoms with Crippen LogP contribution < -0.4 is 0 Å². The summed E-state index contributed by atoms with van der Waals surface area (Å²) in [6, 6.07) is 6.94. The van der Waals surface area contributed by atoms with Crippen molar-refractivity contribution < 1.29 is 5.11 Å². The minimum atomic E-state index is 0.365. The van der Waals surface area contributed by atoms with E-state index in [1.165, 1.54) is 69.2 Å². The number of rotatable bonds is 3. The van der Waals surface area contributed by atoms with E-state index in [2.05, 4.69) is 30.9 Å². The Morgan fingerprint density at radius 2 is 2.13 bits per heavy atom. The predicted octanol–water partition coefficient (Wildman–Crippen LogP) is 4.50. The number of phenols is 1. The molecule has 2 bridgehead atoms. The molecule has 1 saturated carbocycles. The third-order valence-corrected chi connectivity index (χ3v) is 6.93. The summed E-state index contributed by atoms with van der Waals surface area (Å²) in [5.41, 5.74) is 3.38. The second-order valence-electron chi connectivity index (χ2n) is 8.59. The van der Waals surface area contributed by atoms with Crippen LogP contribution in [-0.4, -0.2) is 29.1 Å². The van der Waals surface area contributed by atoms with Gasteiger partial charge in [-0.1, -0.05) is 32.8 Å². The highest BCUT2D eigenvalue weighted by Gasteiger charge is 2.53. The highest BCUT2D eigenvalue weighted by molar-refractivity contribution is 5.45. The second-order valence-corrected chi connectivity index (χ2v) is 8.59. The van der Waals surface area contributed by atoms with Crippen LogP contribution in [-0.2, 0) is 11.8 Å². The number of likely N-dealkylation sites (tertiary alicyclic amines) is 1. The molecule has 2 heteroatoms. The average molecular weight is 313 g/mol. The summed E-state index contributed by atoms with van der Waals surface area (Å²) in [7, 11) is 0. The molecule has 2 fully saturated rings. The van der Waals surface area contributed by atoms with Gasteiger partial charge in [-0.3, -0.25) is 4.90 Å². The number of fused-ring (bicyclic) bond motifs is 1.